The highest BCUT2D eigenvalue weighted by molar-refractivity contribution is 5.65. The average molecular weight is 168 g/mol. The van der Waals surface area contributed by atoms with Crippen molar-refractivity contribution in [1.29, 1.82) is 0 Å². The summed E-state index contributed by atoms with van der Waals surface area (Å²) in [5.41, 5.74) is 0.672. The molecule has 1 rings (SSSR count). The Morgan fingerprint density at radius 3 is 2.92 bits per heavy atom. The van der Waals surface area contributed by atoms with Gasteiger partial charge in [0, 0.05) is 12.6 Å². The fraction of sp³-hybridized carbons (Fsp3) is 0.250. The Bertz CT molecular complexity index is 288. The summed E-state index contributed by atoms with van der Waals surface area (Å²) < 4.78 is 12.5. The summed E-state index contributed by atoms with van der Waals surface area (Å²) in [6, 6.07) is 3.88. The maximum absolute atomic E-state index is 12.5. The van der Waals surface area contributed by atoms with Gasteiger partial charge in [-0.1, -0.05) is 0 Å². The maximum atomic E-state index is 12.5. The van der Waals surface area contributed by atoms with E-state index in [9.17, 15) is 9.30 Å². The van der Waals surface area contributed by atoms with Crippen molar-refractivity contribution in [3.63, 3.8) is 0 Å². The van der Waals surface area contributed by atoms with Crippen molar-refractivity contribution < 1.29 is 4.39 Å². The molecule has 0 saturated heterocycles. The Balaban J connectivity index is 3.02. The van der Waals surface area contributed by atoms with Crippen LogP contribution in [0, 0.1) is 10.7 Å². The second-order valence-electron chi connectivity index (χ2n) is 2.28. The third kappa shape index (κ3) is 1.78. The summed E-state index contributed by atoms with van der Waals surface area (Å²) in [6.45, 7) is 2.56. The molecule has 0 fully saturated rings. The summed E-state index contributed by atoms with van der Waals surface area (Å²) in [7, 11) is 0. The Morgan fingerprint density at radius 2 is 2.33 bits per heavy atom. The fourth-order valence-corrected chi connectivity index (χ4v) is 0.920. The lowest BCUT2D eigenvalue weighted by Crippen LogP contribution is -1.96. The molecule has 4 heteroatoms. The molecule has 1 aromatic rings. The molecule has 0 atom stereocenters. The highest BCUT2D eigenvalue weighted by atomic mass is 19.1. The standard InChI is InChI=1S/C8H9FN2O/c1-2-10-7-4-3-6(9)5-8(7)11-12/h3-5,10H,2H2,1H3. The molecule has 0 spiro atoms. The Labute approximate surface area is 69.6 Å². The summed E-state index contributed by atoms with van der Waals surface area (Å²) in [6.07, 6.45) is 0. The lowest BCUT2D eigenvalue weighted by atomic mass is 10.2. The van der Waals surface area contributed by atoms with E-state index in [0.717, 1.165) is 6.07 Å². The highest BCUT2D eigenvalue weighted by Gasteiger charge is 2.02. The molecule has 0 heterocycles. The van der Waals surface area contributed by atoms with Gasteiger partial charge in [0.2, 0.25) is 0 Å². The Hall–Kier alpha value is -1.45. The number of benzene rings is 1. The van der Waals surface area contributed by atoms with E-state index in [0.29, 0.717) is 12.2 Å². The van der Waals surface area contributed by atoms with E-state index < -0.39 is 5.82 Å². The Morgan fingerprint density at radius 1 is 1.58 bits per heavy atom. The zero-order chi connectivity index (χ0) is 8.97. The minimum absolute atomic E-state index is 0.108. The maximum Gasteiger partial charge on any atom is 0.133 e. The Kier molecular flexibility index (Phi) is 2.74. The van der Waals surface area contributed by atoms with Crippen molar-refractivity contribution in [2.75, 3.05) is 11.9 Å². The van der Waals surface area contributed by atoms with Crippen LogP contribution in [0.1, 0.15) is 6.92 Å². The number of halogens is 1. The summed E-state index contributed by atoms with van der Waals surface area (Å²) >= 11 is 0. The molecule has 64 valence electrons. The molecule has 12 heavy (non-hydrogen) atoms. The van der Waals surface area contributed by atoms with Crippen LogP contribution in [0.2, 0.25) is 0 Å². The first-order valence-corrected chi connectivity index (χ1v) is 3.64. The number of anilines is 1. The number of hydrogen-bond acceptors (Lipinski definition) is 3. The molecule has 0 aliphatic heterocycles. The quantitative estimate of drug-likeness (QED) is 0.705. The molecule has 0 bridgehead atoms. The average Bonchev–Trinajstić information content (AvgIpc) is 2.08. The van der Waals surface area contributed by atoms with Gasteiger partial charge >= 0.3 is 0 Å². The lowest BCUT2D eigenvalue weighted by Gasteiger charge is -2.03. The molecule has 0 aliphatic rings. The highest BCUT2D eigenvalue weighted by Crippen LogP contribution is 2.24. The smallest absolute Gasteiger partial charge is 0.133 e. The normalized spacial score (nSPS) is 9.50. The van der Waals surface area contributed by atoms with Crippen molar-refractivity contribution in [3.05, 3.63) is 28.9 Å². The minimum Gasteiger partial charge on any atom is -0.383 e. The second kappa shape index (κ2) is 3.80. The molecule has 0 aromatic heterocycles. The largest absolute Gasteiger partial charge is 0.383 e. The number of nitroso groups, excluding NO2 is 1. The van der Waals surface area contributed by atoms with E-state index in [1.165, 1.54) is 12.1 Å². The zero-order valence-electron chi connectivity index (χ0n) is 6.67. The van der Waals surface area contributed by atoms with Crippen LogP contribution < -0.4 is 5.32 Å². The van der Waals surface area contributed by atoms with Crippen molar-refractivity contribution in [2.24, 2.45) is 5.18 Å². The van der Waals surface area contributed by atoms with E-state index in [1.54, 1.807) is 0 Å². The van der Waals surface area contributed by atoms with Gasteiger partial charge in [0.1, 0.15) is 11.5 Å². The van der Waals surface area contributed by atoms with E-state index >= 15 is 0 Å². The molecule has 1 N–H and O–H groups in total. The lowest BCUT2D eigenvalue weighted by molar-refractivity contribution is 0.628. The van der Waals surface area contributed by atoms with Crippen molar-refractivity contribution in [3.8, 4) is 0 Å². The molecule has 1 aromatic carbocycles. The molecule has 0 radical (unpaired) electrons. The van der Waals surface area contributed by atoms with Gasteiger partial charge in [-0.25, -0.2) is 4.39 Å². The molecule has 0 unspecified atom stereocenters. The van der Waals surface area contributed by atoms with Gasteiger partial charge < -0.3 is 5.32 Å². The third-order valence-electron chi connectivity index (χ3n) is 1.43. The summed E-state index contributed by atoms with van der Waals surface area (Å²) in [5.74, 6) is -0.453. The number of nitrogens with zero attached hydrogens (tertiary/aromatic N) is 1. The first-order valence-electron chi connectivity index (χ1n) is 3.64. The number of rotatable bonds is 3. The van der Waals surface area contributed by atoms with E-state index in [-0.39, 0.29) is 5.69 Å². The van der Waals surface area contributed by atoms with Crippen LogP contribution in [0.3, 0.4) is 0 Å². The van der Waals surface area contributed by atoms with Crippen LogP contribution in [-0.4, -0.2) is 6.54 Å². The topological polar surface area (TPSA) is 41.5 Å². The van der Waals surface area contributed by atoms with Gasteiger partial charge in [-0.3, -0.25) is 0 Å². The zero-order valence-corrected chi connectivity index (χ0v) is 6.67. The van der Waals surface area contributed by atoms with Crippen molar-refractivity contribution in [2.45, 2.75) is 6.92 Å². The van der Waals surface area contributed by atoms with Crippen molar-refractivity contribution in [1.82, 2.24) is 0 Å². The van der Waals surface area contributed by atoms with Gasteiger partial charge in [0.15, 0.2) is 0 Å². The number of nitrogens with one attached hydrogen (secondary N) is 1. The number of hydrogen-bond donors (Lipinski definition) is 1. The van der Waals surface area contributed by atoms with E-state index in [1.807, 2.05) is 6.92 Å². The molecule has 3 nitrogen and oxygen atoms in total. The van der Waals surface area contributed by atoms with Crippen LogP contribution in [0.5, 0.6) is 0 Å². The van der Waals surface area contributed by atoms with Crippen LogP contribution in [0.15, 0.2) is 23.4 Å². The molecule has 0 aliphatic carbocycles. The van der Waals surface area contributed by atoms with Gasteiger partial charge in [-0.05, 0) is 24.2 Å². The molecular weight excluding hydrogens is 159 g/mol. The second-order valence-corrected chi connectivity index (χ2v) is 2.28. The van der Waals surface area contributed by atoms with Gasteiger partial charge in [0.25, 0.3) is 0 Å². The summed E-state index contributed by atoms with van der Waals surface area (Å²) in [4.78, 5) is 10.2. The van der Waals surface area contributed by atoms with Crippen LogP contribution in [-0.2, 0) is 0 Å². The first-order chi connectivity index (χ1) is 5.77. The van der Waals surface area contributed by atoms with Crippen LogP contribution >= 0.6 is 0 Å². The van der Waals surface area contributed by atoms with E-state index in [4.69, 9.17) is 0 Å². The van der Waals surface area contributed by atoms with Gasteiger partial charge in [-0.15, -0.1) is 4.91 Å². The summed E-state index contributed by atoms with van der Waals surface area (Å²) in [5, 5.41) is 5.59. The van der Waals surface area contributed by atoms with Crippen LogP contribution in [0.25, 0.3) is 0 Å². The molecular formula is C8H9FN2O. The van der Waals surface area contributed by atoms with Gasteiger partial charge in [-0.2, -0.15) is 0 Å². The minimum atomic E-state index is -0.453. The monoisotopic (exact) mass is 168 g/mol. The fourth-order valence-electron chi connectivity index (χ4n) is 0.920. The molecule has 0 amide bonds. The SMILES string of the molecule is CCNc1ccc(F)cc1N=O. The third-order valence-corrected chi connectivity index (χ3v) is 1.43. The molecule has 0 saturated carbocycles. The predicted molar refractivity (Wildman–Crippen MR) is 46.0 cm³/mol. The first kappa shape index (κ1) is 8.64. The predicted octanol–water partition coefficient (Wildman–Crippen LogP) is 2.66. The van der Waals surface area contributed by atoms with Crippen LogP contribution in [0.4, 0.5) is 15.8 Å². The van der Waals surface area contributed by atoms with E-state index in [2.05, 4.69) is 10.5 Å². The van der Waals surface area contributed by atoms with Gasteiger partial charge in [0.05, 0.1) is 5.69 Å². The van der Waals surface area contributed by atoms with Crippen molar-refractivity contribution >= 4 is 11.4 Å².